The highest BCUT2D eigenvalue weighted by Gasteiger charge is 2.42. The van der Waals surface area contributed by atoms with Crippen LogP contribution in [0.25, 0.3) is 0 Å². The van der Waals surface area contributed by atoms with Gasteiger partial charge in [-0.05, 0) is 41.5 Å². The molecule has 0 aromatic heterocycles. The van der Waals surface area contributed by atoms with Crippen LogP contribution in [-0.4, -0.2) is 5.97 Å². The van der Waals surface area contributed by atoms with Gasteiger partial charge >= 0.3 is 5.97 Å². The number of carbonyl (C=O) groups is 1. The van der Waals surface area contributed by atoms with E-state index in [4.69, 9.17) is 4.74 Å². The summed E-state index contributed by atoms with van der Waals surface area (Å²) in [5.41, 5.74) is 0.773. The van der Waals surface area contributed by atoms with E-state index in [0.29, 0.717) is 6.42 Å². The summed E-state index contributed by atoms with van der Waals surface area (Å²) in [7, 11) is 0. The number of allylic oxidation sites excluding steroid dienone is 1. The maximum Gasteiger partial charge on any atom is 0.317 e. The second kappa shape index (κ2) is 4.57. The zero-order chi connectivity index (χ0) is 11.6. The molecule has 1 saturated heterocycles. The molecule has 1 atom stereocenters. The number of carbonyl (C=O) groups excluding carboxylic acids is 1. The molecule has 1 aromatic rings. The molecule has 0 aliphatic carbocycles. The first kappa shape index (κ1) is 11.6. The van der Waals surface area contributed by atoms with Crippen molar-refractivity contribution in [2.45, 2.75) is 19.8 Å². The van der Waals surface area contributed by atoms with Gasteiger partial charge in [0, 0.05) is 10.5 Å². The summed E-state index contributed by atoms with van der Waals surface area (Å²) in [6, 6.07) is 10.1. The summed E-state index contributed by atoms with van der Waals surface area (Å²) in [6.07, 6.45) is 1.43. The van der Waals surface area contributed by atoms with Crippen molar-refractivity contribution in [3.05, 3.63) is 45.7 Å². The molecular formula is C13H13IO2. The molecule has 2 nitrogen and oxygen atoms in total. The lowest BCUT2D eigenvalue weighted by Crippen LogP contribution is -2.24. The van der Waals surface area contributed by atoms with Crippen molar-refractivity contribution in [2.75, 3.05) is 0 Å². The summed E-state index contributed by atoms with van der Waals surface area (Å²) in [4.78, 5) is 11.8. The smallest absolute Gasteiger partial charge is 0.317 e. The first-order valence-electron chi connectivity index (χ1n) is 5.19. The Bertz CT molecular complexity index is 425. The summed E-state index contributed by atoms with van der Waals surface area (Å²) < 4.78 is 7.05. The minimum Gasteiger partial charge on any atom is -0.430 e. The molecule has 2 rings (SSSR count). The van der Waals surface area contributed by atoms with E-state index < -0.39 is 5.41 Å². The standard InChI is InChI=1S/C13H13IO2/c1-13(7-10-5-3-2-4-6-10)8-11(9-14)16-12(13)15/h2-6,9H,7-8H2,1H3. The lowest BCUT2D eigenvalue weighted by Gasteiger charge is -2.17. The van der Waals surface area contributed by atoms with Crippen molar-refractivity contribution >= 4 is 28.6 Å². The average molecular weight is 328 g/mol. The minimum atomic E-state index is -0.404. The van der Waals surface area contributed by atoms with E-state index in [1.165, 1.54) is 5.56 Å². The number of cyclic esters (lactones) is 1. The Kier molecular flexibility index (Phi) is 3.33. The molecule has 0 spiro atoms. The van der Waals surface area contributed by atoms with Gasteiger partial charge < -0.3 is 4.74 Å². The van der Waals surface area contributed by atoms with Gasteiger partial charge in [-0.2, -0.15) is 0 Å². The molecule has 3 heteroatoms. The summed E-state index contributed by atoms with van der Waals surface area (Å²) >= 11 is 2.11. The van der Waals surface area contributed by atoms with Crippen LogP contribution < -0.4 is 0 Å². The van der Waals surface area contributed by atoms with Gasteiger partial charge in [0.15, 0.2) is 0 Å². The molecule has 1 aromatic carbocycles. The van der Waals surface area contributed by atoms with E-state index in [0.717, 1.165) is 12.2 Å². The predicted octanol–water partition coefficient (Wildman–Crippen LogP) is 3.46. The highest BCUT2D eigenvalue weighted by molar-refractivity contribution is 14.1. The number of hydrogen-bond acceptors (Lipinski definition) is 2. The molecule has 0 saturated carbocycles. The van der Waals surface area contributed by atoms with Crippen molar-refractivity contribution in [1.82, 2.24) is 0 Å². The van der Waals surface area contributed by atoms with E-state index in [9.17, 15) is 4.79 Å². The van der Waals surface area contributed by atoms with Crippen LogP contribution in [0.3, 0.4) is 0 Å². The fourth-order valence-electron chi connectivity index (χ4n) is 1.98. The third-order valence-electron chi connectivity index (χ3n) is 2.84. The van der Waals surface area contributed by atoms with Crippen LogP contribution in [0.5, 0.6) is 0 Å². The van der Waals surface area contributed by atoms with E-state index in [2.05, 4.69) is 22.6 Å². The predicted molar refractivity (Wildman–Crippen MR) is 71.1 cm³/mol. The molecule has 84 valence electrons. The zero-order valence-electron chi connectivity index (χ0n) is 9.07. The second-order valence-corrected chi connectivity index (χ2v) is 4.99. The van der Waals surface area contributed by atoms with Crippen LogP contribution >= 0.6 is 22.6 Å². The number of ether oxygens (including phenoxy) is 1. The van der Waals surface area contributed by atoms with Crippen molar-refractivity contribution in [2.24, 2.45) is 5.41 Å². The van der Waals surface area contributed by atoms with Gasteiger partial charge in [0.25, 0.3) is 0 Å². The molecule has 1 unspecified atom stereocenters. The van der Waals surface area contributed by atoms with E-state index in [1.54, 1.807) is 0 Å². The highest BCUT2D eigenvalue weighted by atomic mass is 127. The normalized spacial score (nSPS) is 27.1. The monoisotopic (exact) mass is 328 g/mol. The number of benzene rings is 1. The van der Waals surface area contributed by atoms with Crippen molar-refractivity contribution in [3.8, 4) is 0 Å². The number of halogens is 1. The fourth-order valence-corrected chi connectivity index (χ4v) is 2.32. The Morgan fingerprint density at radius 1 is 1.44 bits per heavy atom. The van der Waals surface area contributed by atoms with Gasteiger partial charge in [0.05, 0.1) is 5.41 Å². The Balaban J connectivity index is 2.18. The van der Waals surface area contributed by atoms with Gasteiger partial charge in [-0.3, -0.25) is 4.79 Å². The first-order valence-corrected chi connectivity index (χ1v) is 6.44. The van der Waals surface area contributed by atoms with Gasteiger partial charge in [-0.25, -0.2) is 0 Å². The molecule has 0 bridgehead atoms. The maximum atomic E-state index is 11.8. The fraction of sp³-hybridized carbons (Fsp3) is 0.308. The topological polar surface area (TPSA) is 26.3 Å². The zero-order valence-corrected chi connectivity index (χ0v) is 11.2. The first-order chi connectivity index (χ1) is 7.64. The Labute approximate surface area is 109 Å². The van der Waals surface area contributed by atoms with Crippen molar-refractivity contribution in [1.29, 1.82) is 0 Å². The lowest BCUT2D eigenvalue weighted by molar-refractivity contribution is -0.143. The van der Waals surface area contributed by atoms with Gasteiger partial charge in [-0.1, -0.05) is 30.3 Å². The molecule has 1 fully saturated rings. The molecule has 1 aliphatic rings. The Morgan fingerprint density at radius 2 is 2.12 bits per heavy atom. The average Bonchev–Trinajstić information content (AvgIpc) is 2.56. The number of rotatable bonds is 2. The van der Waals surface area contributed by atoms with Crippen LogP contribution in [0.2, 0.25) is 0 Å². The second-order valence-electron chi connectivity index (χ2n) is 4.36. The van der Waals surface area contributed by atoms with E-state index in [1.807, 2.05) is 41.3 Å². The summed E-state index contributed by atoms with van der Waals surface area (Å²) in [5.74, 6) is 0.670. The van der Waals surface area contributed by atoms with Crippen LogP contribution in [0.1, 0.15) is 18.9 Å². The van der Waals surface area contributed by atoms with Crippen molar-refractivity contribution in [3.63, 3.8) is 0 Å². The molecular weight excluding hydrogens is 315 g/mol. The van der Waals surface area contributed by atoms with Gasteiger partial charge in [-0.15, -0.1) is 0 Å². The molecule has 0 radical (unpaired) electrons. The van der Waals surface area contributed by atoms with Crippen LogP contribution in [0, 0.1) is 5.41 Å². The largest absolute Gasteiger partial charge is 0.430 e. The summed E-state index contributed by atoms with van der Waals surface area (Å²) in [5, 5.41) is 0. The summed E-state index contributed by atoms with van der Waals surface area (Å²) in [6.45, 7) is 1.97. The van der Waals surface area contributed by atoms with Crippen molar-refractivity contribution < 1.29 is 9.53 Å². The SMILES string of the molecule is CC1(Cc2ccccc2)CC(=CI)OC1=O. The molecule has 1 heterocycles. The number of esters is 1. The Hall–Kier alpha value is -0.840. The number of hydrogen-bond donors (Lipinski definition) is 0. The van der Waals surface area contributed by atoms with Crippen LogP contribution in [0.4, 0.5) is 0 Å². The third kappa shape index (κ3) is 2.29. The van der Waals surface area contributed by atoms with Gasteiger partial charge in [0.2, 0.25) is 0 Å². The van der Waals surface area contributed by atoms with Gasteiger partial charge in [0.1, 0.15) is 5.76 Å². The Morgan fingerprint density at radius 3 is 2.69 bits per heavy atom. The quantitative estimate of drug-likeness (QED) is 0.614. The third-order valence-corrected chi connectivity index (χ3v) is 3.53. The lowest BCUT2D eigenvalue weighted by atomic mass is 9.82. The molecule has 1 aliphatic heterocycles. The minimum absolute atomic E-state index is 0.112. The maximum absolute atomic E-state index is 11.8. The van der Waals surface area contributed by atoms with Crippen LogP contribution in [-0.2, 0) is 16.0 Å². The van der Waals surface area contributed by atoms with Crippen LogP contribution in [0.15, 0.2) is 40.2 Å². The molecule has 16 heavy (non-hydrogen) atoms. The molecule has 0 N–H and O–H groups in total. The molecule has 0 amide bonds. The van der Waals surface area contributed by atoms with E-state index >= 15 is 0 Å². The van der Waals surface area contributed by atoms with E-state index in [-0.39, 0.29) is 5.97 Å². The highest BCUT2D eigenvalue weighted by Crippen LogP contribution is 2.39.